The largest absolute Gasteiger partial charge is 0.378 e. The van der Waals surface area contributed by atoms with Gasteiger partial charge >= 0.3 is 0 Å². The molecular formula is C19H23F2N5O2S. The van der Waals surface area contributed by atoms with Gasteiger partial charge in [-0.1, -0.05) is 23.9 Å². The van der Waals surface area contributed by atoms with Gasteiger partial charge in [0.15, 0.2) is 0 Å². The van der Waals surface area contributed by atoms with E-state index in [9.17, 15) is 13.6 Å². The number of anilines is 2. The fourth-order valence-electron chi connectivity index (χ4n) is 2.91. The molecule has 1 amide bonds. The maximum Gasteiger partial charge on any atom is 0.288 e. The summed E-state index contributed by atoms with van der Waals surface area (Å²) in [6.07, 6.45) is 0. The zero-order valence-corrected chi connectivity index (χ0v) is 16.8. The lowest BCUT2D eigenvalue weighted by Gasteiger charge is -2.28. The molecule has 0 aliphatic carbocycles. The number of hydrogen-bond donors (Lipinski definition) is 2. The molecule has 156 valence electrons. The molecule has 1 aliphatic heterocycles. The third-order valence-electron chi connectivity index (χ3n) is 4.22. The lowest BCUT2D eigenvalue weighted by Crippen LogP contribution is -2.37. The molecule has 0 unspecified atom stereocenters. The Morgan fingerprint density at radius 3 is 2.76 bits per heavy atom. The minimum absolute atomic E-state index is 0.241. The lowest BCUT2D eigenvalue weighted by molar-refractivity contribution is 0.0952. The van der Waals surface area contributed by atoms with Crippen LogP contribution in [0.4, 0.5) is 20.4 Å². The van der Waals surface area contributed by atoms with Gasteiger partial charge in [-0.05, 0) is 19.1 Å². The molecule has 0 bridgehead atoms. The Morgan fingerprint density at radius 1 is 1.24 bits per heavy atom. The first kappa shape index (κ1) is 21.3. The van der Waals surface area contributed by atoms with Gasteiger partial charge in [0.05, 0.1) is 18.8 Å². The molecule has 2 aromatic rings. The van der Waals surface area contributed by atoms with E-state index in [-0.39, 0.29) is 16.4 Å². The maximum absolute atomic E-state index is 12.7. The standard InChI is InChI=1S/C19H23F2N5O2S/c1-13-24-16(12-17(25-13)26-8-10-28-11-9-26)22-6-7-23-18(27)14-4-2-3-5-15(14)29-19(20)21/h2-5,12,19H,6-11H2,1H3,(H,23,27)(H,22,24,25). The zero-order chi connectivity index (χ0) is 20.6. The van der Waals surface area contributed by atoms with Crippen LogP contribution in [0.2, 0.25) is 0 Å². The van der Waals surface area contributed by atoms with Crippen LogP contribution in [0, 0.1) is 6.92 Å². The van der Waals surface area contributed by atoms with E-state index >= 15 is 0 Å². The Balaban J connectivity index is 1.53. The van der Waals surface area contributed by atoms with Gasteiger partial charge in [-0.15, -0.1) is 0 Å². The van der Waals surface area contributed by atoms with Crippen molar-refractivity contribution in [2.75, 3.05) is 49.6 Å². The van der Waals surface area contributed by atoms with Crippen LogP contribution >= 0.6 is 11.8 Å². The molecule has 2 N–H and O–H groups in total. The summed E-state index contributed by atoms with van der Waals surface area (Å²) in [6.45, 7) is 5.49. The smallest absolute Gasteiger partial charge is 0.288 e. The topological polar surface area (TPSA) is 79.4 Å². The molecule has 10 heteroatoms. The van der Waals surface area contributed by atoms with E-state index in [1.165, 1.54) is 12.1 Å². The number of amides is 1. The third-order valence-corrected chi connectivity index (χ3v) is 5.01. The first-order valence-corrected chi connectivity index (χ1v) is 10.1. The number of thioether (sulfide) groups is 1. The molecule has 1 fully saturated rings. The summed E-state index contributed by atoms with van der Waals surface area (Å²) in [5, 5.41) is 5.92. The molecule has 0 radical (unpaired) electrons. The Bertz CT molecular complexity index is 834. The number of nitrogens with one attached hydrogen (secondary N) is 2. The summed E-state index contributed by atoms with van der Waals surface area (Å²) in [6, 6.07) is 8.21. The molecular weight excluding hydrogens is 400 g/mol. The summed E-state index contributed by atoms with van der Waals surface area (Å²) in [7, 11) is 0. The number of halogens is 2. The molecule has 1 aromatic heterocycles. The average Bonchev–Trinajstić information content (AvgIpc) is 2.71. The highest BCUT2D eigenvalue weighted by Gasteiger charge is 2.16. The van der Waals surface area contributed by atoms with Crippen LogP contribution in [-0.2, 0) is 4.74 Å². The number of nitrogens with zero attached hydrogens (tertiary/aromatic N) is 3. The lowest BCUT2D eigenvalue weighted by atomic mass is 10.2. The molecule has 7 nitrogen and oxygen atoms in total. The van der Waals surface area contributed by atoms with Crippen molar-refractivity contribution >= 4 is 29.3 Å². The number of carbonyl (C=O) groups is 1. The van der Waals surface area contributed by atoms with Gasteiger partial charge in [-0.3, -0.25) is 4.79 Å². The summed E-state index contributed by atoms with van der Waals surface area (Å²) in [5.74, 6) is -0.804. The van der Waals surface area contributed by atoms with Gasteiger partial charge in [0.1, 0.15) is 17.5 Å². The van der Waals surface area contributed by atoms with E-state index in [1.54, 1.807) is 12.1 Å². The van der Waals surface area contributed by atoms with Crippen LogP contribution in [0.5, 0.6) is 0 Å². The second-order valence-electron chi connectivity index (χ2n) is 6.32. The van der Waals surface area contributed by atoms with Gasteiger partial charge in [0, 0.05) is 37.1 Å². The van der Waals surface area contributed by atoms with Gasteiger partial charge in [0.2, 0.25) is 0 Å². The van der Waals surface area contributed by atoms with Gasteiger partial charge in [0.25, 0.3) is 11.7 Å². The Hall–Kier alpha value is -2.46. The van der Waals surface area contributed by atoms with Crippen molar-refractivity contribution in [3.05, 3.63) is 41.7 Å². The van der Waals surface area contributed by atoms with Crippen LogP contribution in [0.25, 0.3) is 0 Å². The summed E-state index contributed by atoms with van der Waals surface area (Å²) >= 11 is 0.366. The fourth-order valence-corrected chi connectivity index (χ4v) is 3.55. The Labute approximate surface area is 172 Å². The van der Waals surface area contributed by atoms with Crippen LogP contribution < -0.4 is 15.5 Å². The van der Waals surface area contributed by atoms with Crippen LogP contribution in [0.1, 0.15) is 16.2 Å². The summed E-state index contributed by atoms with van der Waals surface area (Å²) < 4.78 is 30.7. The molecule has 1 aliphatic rings. The Morgan fingerprint density at radius 2 is 2.00 bits per heavy atom. The van der Waals surface area contributed by atoms with Crippen molar-refractivity contribution in [3.63, 3.8) is 0 Å². The monoisotopic (exact) mass is 423 g/mol. The van der Waals surface area contributed by atoms with Gasteiger partial charge in [-0.2, -0.15) is 8.78 Å². The number of rotatable bonds is 8. The molecule has 1 saturated heterocycles. The van der Waals surface area contributed by atoms with Crippen molar-refractivity contribution in [1.29, 1.82) is 0 Å². The van der Waals surface area contributed by atoms with Crippen molar-refractivity contribution in [2.45, 2.75) is 17.6 Å². The molecule has 0 spiro atoms. The highest BCUT2D eigenvalue weighted by Crippen LogP contribution is 2.28. The molecule has 0 saturated carbocycles. The number of morpholine rings is 1. The highest BCUT2D eigenvalue weighted by molar-refractivity contribution is 7.99. The van der Waals surface area contributed by atoms with E-state index in [0.717, 1.165) is 18.9 Å². The first-order chi connectivity index (χ1) is 14.0. The van der Waals surface area contributed by atoms with E-state index in [0.29, 0.717) is 49.7 Å². The number of aryl methyl sites for hydroxylation is 1. The number of ether oxygens (including phenoxy) is 1. The van der Waals surface area contributed by atoms with Crippen LogP contribution in [0.3, 0.4) is 0 Å². The van der Waals surface area contributed by atoms with Crippen LogP contribution in [0.15, 0.2) is 35.2 Å². The summed E-state index contributed by atoms with van der Waals surface area (Å²) in [5.41, 5.74) is 0.241. The average molecular weight is 423 g/mol. The first-order valence-electron chi connectivity index (χ1n) is 9.27. The third kappa shape index (κ3) is 6.26. The summed E-state index contributed by atoms with van der Waals surface area (Å²) in [4.78, 5) is 23.6. The van der Waals surface area contributed by atoms with E-state index in [1.807, 2.05) is 13.0 Å². The van der Waals surface area contributed by atoms with Crippen molar-refractivity contribution in [3.8, 4) is 0 Å². The number of alkyl halides is 2. The zero-order valence-electron chi connectivity index (χ0n) is 16.0. The van der Waals surface area contributed by atoms with Crippen molar-refractivity contribution < 1.29 is 18.3 Å². The number of hydrogen-bond acceptors (Lipinski definition) is 7. The maximum atomic E-state index is 12.7. The van der Waals surface area contributed by atoms with Gasteiger partial charge < -0.3 is 20.3 Å². The van der Waals surface area contributed by atoms with E-state index in [2.05, 4.69) is 25.5 Å². The molecule has 29 heavy (non-hydrogen) atoms. The normalized spacial score (nSPS) is 14.1. The second-order valence-corrected chi connectivity index (χ2v) is 7.35. The predicted molar refractivity (Wildman–Crippen MR) is 109 cm³/mol. The number of aromatic nitrogens is 2. The predicted octanol–water partition coefficient (Wildman–Crippen LogP) is 2.78. The number of benzene rings is 1. The molecule has 3 rings (SSSR count). The van der Waals surface area contributed by atoms with Gasteiger partial charge in [-0.25, -0.2) is 9.97 Å². The van der Waals surface area contributed by atoms with E-state index in [4.69, 9.17) is 4.74 Å². The second kappa shape index (κ2) is 10.4. The number of carbonyl (C=O) groups excluding carboxylic acids is 1. The van der Waals surface area contributed by atoms with Crippen molar-refractivity contribution in [2.24, 2.45) is 0 Å². The minimum atomic E-state index is -2.58. The molecule has 1 aromatic carbocycles. The molecule has 2 heterocycles. The Kier molecular flexibility index (Phi) is 7.59. The van der Waals surface area contributed by atoms with Crippen LogP contribution in [-0.4, -0.2) is 61.0 Å². The van der Waals surface area contributed by atoms with E-state index < -0.39 is 5.76 Å². The fraction of sp³-hybridized carbons (Fsp3) is 0.421. The highest BCUT2D eigenvalue weighted by atomic mass is 32.2. The SMILES string of the molecule is Cc1nc(NCCNC(=O)c2ccccc2SC(F)F)cc(N2CCOCC2)n1. The molecule has 0 atom stereocenters. The quantitative estimate of drug-likeness (QED) is 0.499. The minimum Gasteiger partial charge on any atom is -0.378 e. The van der Waals surface area contributed by atoms with Crippen molar-refractivity contribution in [1.82, 2.24) is 15.3 Å².